The molecule has 0 aliphatic carbocycles. The van der Waals surface area contributed by atoms with Gasteiger partial charge in [-0.05, 0) is 52.7 Å². The third-order valence-electron chi connectivity index (χ3n) is 2.35. The van der Waals surface area contributed by atoms with Gasteiger partial charge in [0.1, 0.15) is 5.75 Å². The molecule has 0 radical (unpaired) electrons. The zero-order chi connectivity index (χ0) is 13.1. The maximum absolute atomic E-state index is 9.51. The van der Waals surface area contributed by atoms with E-state index >= 15 is 0 Å². The number of nitrogens with zero attached hydrogens (tertiary/aromatic N) is 1. The van der Waals surface area contributed by atoms with Crippen molar-refractivity contribution in [2.24, 2.45) is 0 Å². The van der Waals surface area contributed by atoms with Gasteiger partial charge in [0, 0.05) is 16.7 Å². The molecule has 1 heterocycles. The molecule has 3 nitrogen and oxygen atoms in total. The molecule has 1 aromatic carbocycles. The molecule has 0 saturated heterocycles. The summed E-state index contributed by atoms with van der Waals surface area (Å²) in [5.41, 5.74) is 0.772. The summed E-state index contributed by atoms with van der Waals surface area (Å²) in [4.78, 5) is 4.11. The number of aliphatic hydroxyl groups is 1. The molecular formula is C13H11Br2NO2. The summed E-state index contributed by atoms with van der Waals surface area (Å²) in [6, 6.07) is 9.10. The Morgan fingerprint density at radius 2 is 2.00 bits per heavy atom. The topological polar surface area (TPSA) is 42.4 Å². The Morgan fingerprint density at radius 1 is 1.22 bits per heavy atom. The number of hydrogen-bond acceptors (Lipinski definition) is 3. The van der Waals surface area contributed by atoms with Crippen molar-refractivity contribution in [3.05, 3.63) is 51.0 Å². The molecule has 0 unspecified atom stereocenters. The van der Waals surface area contributed by atoms with Crippen LogP contribution < -0.4 is 4.74 Å². The van der Waals surface area contributed by atoms with Gasteiger partial charge in [0.25, 0.3) is 0 Å². The van der Waals surface area contributed by atoms with E-state index in [-0.39, 0.29) is 0 Å². The molecule has 1 atom stereocenters. The first kappa shape index (κ1) is 13.5. The molecule has 0 amide bonds. The summed E-state index contributed by atoms with van der Waals surface area (Å²) in [7, 11) is 0. The third-order valence-corrected chi connectivity index (χ3v) is 3.46. The molecule has 0 bridgehead atoms. The molecular weight excluding hydrogens is 362 g/mol. The highest BCUT2D eigenvalue weighted by Crippen LogP contribution is 2.31. The summed E-state index contributed by atoms with van der Waals surface area (Å²) < 4.78 is 7.46. The van der Waals surface area contributed by atoms with E-state index in [1.807, 2.05) is 18.2 Å². The second kappa shape index (κ2) is 5.82. The Kier molecular flexibility index (Phi) is 4.37. The van der Waals surface area contributed by atoms with Crippen molar-refractivity contribution < 1.29 is 9.84 Å². The minimum Gasteiger partial charge on any atom is -0.438 e. The second-order valence-electron chi connectivity index (χ2n) is 3.78. The lowest BCUT2D eigenvalue weighted by Crippen LogP contribution is -1.94. The number of rotatable bonds is 3. The Labute approximate surface area is 122 Å². The molecule has 1 N–H and O–H groups in total. The Bertz CT molecular complexity index is 558. The zero-order valence-electron chi connectivity index (χ0n) is 9.60. The molecule has 2 rings (SSSR count). The van der Waals surface area contributed by atoms with Gasteiger partial charge in [0.05, 0.1) is 10.6 Å². The van der Waals surface area contributed by atoms with Crippen molar-refractivity contribution in [2.45, 2.75) is 13.0 Å². The van der Waals surface area contributed by atoms with E-state index in [2.05, 4.69) is 36.8 Å². The first-order chi connectivity index (χ1) is 8.56. The highest BCUT2D eigenvalue weighted by Gasteiger charge is 2.07. The standard InChI is InChI=1S/C13H11Br2NO2/c1-8(17)9-4-5-16-13(6-9)18-12-3-2-10(14)7-11(12)15/h2-8,17H,1H3/t8-/m1/s1. The summed E-state index contributed by atoms with van der Waals surface area (Å²) >= 11 is 6.80. The molecule has 0 fully saturated rings. The maximum atomic E-state index is 9.51. The second-order valence-corrected chi connectivity index (χ2v) is 5.55. The quantitative estimate of drug-likeness (QED) is 0.865. The van der Waals surface area contributed by atoms with Crippen molar-refractivity contribution in [1.82, 2.24) is 4.98 Å². The zero-order valence-corrected chi connectivity index (χ0v) is 12.8. The maximum Gasteiger partial charge on any atom is 0.219 e. The lowest BCUT2D eigenvalue weighted by Gasteiger charge is -2.09. The molecule has 0 aliphatic heterocycles. The highest BCUT2D eigenvalue weighted by atomic mass is 79.9. The van der Waals surface area contributed by atoms with E-state index in [0.717, 1.165) is 14.5 Å². The highest BCUT2D eigenvalue weighted by molar-refractivity contribution is 9.11. The van der Waals surface area contributed by atoms with Crippen molar-refractivity contribution in [2.75, 3.05) is 0 Å². The number of benzene rings is 1. The average Bonchev–Trinajstić information content (AvgIpc) is 2.33. The molecule has 0 spiro atoms. The van der Waals surface area contributed by atoms with Gasteiger partial charge in [-0.25, -0.2) is 4.98 Å². The fraction of sp³-hybridized carbons (Fsp3) is 0.154. The Hall–Kier alpha value is -0.910. The van der Waals surface area contributed by atoms with Crippen LogP contribution in [-0.2, 0) is 0 Å². The summed E-state index contributed by atoms with van der Waals surface area (Å²) in [6.07, 6.45) is 1.08. The molecule has 5 heteroatoms. The molecule has 0 aliphatic rings. The predicted molar refractivity (Wildman–Crippen MR) is 76.8 cm³/mol. The van der Waals surface area contributed by atoms with Crippen LogP contribution in [0.4, 0.5) is 0 Å². The summed E-state index contributed by atoms with van der Waals surface area (Å²) in [6.45, 7) is 1.70. The molecule has 2 aromatic rings. The molecule has 94 valence electrons. The average molecular weight is 373 g/mol. The third kappa shape index (κ3) is 3.31. The van der Waals surface area contributed by atoms with E-state index in [1.165, 1.54) is 0 Å². The Balaban J connectivity index is 2.25. The van der Waals surface area contributed by atoms with Crippen LogP contribution in [0.25, 0.3) is 0 Å². The van der Waals surface area contributed by atoms with E-state index in [4.69, 9.17) is 4.74 Å². The van der Waals surface area contributed by atoms with E-state index < -0.39 is 6.10 Å². The van der Waals surface area contributed by atoms with Gasteiger partial charge in [0.15, 0.2) is 0 Å². The minimum absolute atomic E-state index is 0.455. The van der Waals surface area contributed by atoms with Gasteiger partial charge in [-0.15, -0.1) is 0 Å². The largest absolute Gasteiger partial charge is 0.438 e. The van der Waals surface area contributed by atoms with Crippen molar-refractivity contribution in [1.29, 1.82) is 0 Å². The summed E-state index contributed by atoms with van der Waals surface area (Å²) in [5, 5.41) is 9.51. The van der Waals surface area contributed by atoms with Crippen LogP contribution in [0.1, 0.15) is 18.6 Å². The first-order valence-electron chi connectivity index (χ1n) is 5.33. The van der Waals surface area contributed by atoms with Crippen LogP contribution >= 0.6 is 31.9 Å². The molecule has 1 aromatic heterocycles. The lowest BCUT2D eigenvalue weighted by atomic mass is 10.2. The molecule has 0 saturated carbocycles. The number of pyridine rings is 1. The van der Waals surface area contributed by atoms with Crippen LogP contribution in [0.5, 0.6) is 11.6 Å². The van der Waals surface area contributed by atoms with Crippen LogP contribution in [0.3, 0.4) is 0 Å². The Morgan fingerprint density at radius 3 is 2.67 bits per heavy atom. The van der Waals surface area contributed by atoms with Crippen LogP contribution in [-0.4, -0.2) is 10.1 Å². The van der Waals surface area contributed by atoms with Gasteiger partial charge in [0.2, 0.25) is 5.88 Å². The SMILES string of the molecule is C[C@@H](O)c1ccnc(Oc2ccc(Br)cc2Br)c1. The molecule has 18 heavy (non-hydrogen) atoms. The number of halogens is 2. The van der Waals surface area contributed by atoms with E-state index in [1.54, 1.807) is 25.3 Å². The fourth-order valence-electron chi connectivity index (χ4n) is 1.41. The monoisotopic (exact) mass is 371 g/mol. The van der Waals surface area contributed by atoms with Gasteiger partial charge < -0.3 is 9.84 Å². The minimum atomic E-state index is -0.538. The van der Waals surface area contributed by atoms with Gasteiger partial charge >= 0.3 is 0 Å². The normalized spacial score (nSPS) is 12.2. The van der Waals surface area contributed by atoms with Gasteiger partial charge in [-0.2, -0.15) is 0 Å². The number of hydrogen-bond donors (Lipinski definition) is 1. The fourth-order valence-corrected chi connectivity index (χ4v) is 2.54. The van der Waals surface area contributed by atoms with E-state index in [0.29, 0.717) is 11.6 Å². The van der Waals surface area contributed by atoms with Crippen molar-refractivity contribution in [3.8, 4) is 11.6 Å². The van der Waals surface area contributed by atoms with Crippen LogP contribution in [0.15, 0.2) is 45.5 Å². The van der Waals surface area contributed by atoms with Crippen molar-refractivity contribution in [3.63, 3.8) is 0 Å². The summed E-state index contributed by atoms with van der Waals surface area (Å²) in [5.74, 6) is 1.13. The van der Waals surface area contributed by atoms with Crippen LogP contribution in [0.2, 0.25) is 0 Å². The number of aromatic nitrogens is 1. The first-order valence-corrected chi connectivity index (χ1v) is 6.92. The van der Waals surface area contributed by atoms with Gasteiger partial charge in [-0.3, -0.25) is 0 Å². The van der Waals surface area contributed by atoms with Crippen molar-refractivity contribution >= 4 is 31.9 Å². The predicted octanol–water partition coefficient (Wildman–Crippen LogP) is 4.45. The smallest absolute Gasteiger partial charge is 0.219 e. The van der Waals surface area contributed by atoms with E-state index in [9.17, 15) is 5.11 Å². The van der Waals surface area contributed by atoms with Crippen LogP contribution in [0, 0.1) is 0 Å². The van der Waals surface area contributed by atoms with Gasteiger partial charge in [-0.1, -0.05) is 15.9 Å². The number of ether oxygens (including phenoxy) is 1. The lowest BCUT2D eigenvalue weighted by molar-refractivity contribution is 0.198. The number of aliphatic hydroxyl groups excluding tert-OH is 1.